The van der Waals surface area contributed by atoms with Crippen LogP contribution in [0.4, 0.5) is 10.2 Å². The predicted octanol–water partition coefficient (Wildman–Crippen LogP) is 3.95. The van der Waals surface area contributed by atoms with E-state index < -0.39 is 0 Å². The summed E-state index contributed by atoms with van der Waals surface area (Å²) >= 11 is 0. The third-order valence-corrected chi connectivity index (χ3v) is 4.54. The standard InChI is InChI=1S/C23H23FN4O3/c1-14-10-20(26-12-21(14)31-13-17-4-6-19(24)7-5-17)23(30)27-15(2)18-8-9-25-22(11-18)28-16(3)29/h4-12,15H,13H2,1-3H3,(H,27,30)(H,25,28,29). The number of pyridine rings is 2. The van der Waals surface area contributed by atoms with Gasteiger partial charge in [0, 0.05) is 13.1 Å². The summed E-state index contributed by atoms with van der Waals surface area (Å²) in [6, 6.07) is 10.9. The van der Waals surface area contributed by atoms with Gasteiger partial charge < -0.3 is 15.4 Å². The second-order valence-corrected chi connectivity index (χ2v) is 7.10. The molecular weight excluding hydrogens is 399 g/mol. The summed E-state index contributed by atoms with van der Waals surface area (Å²) in [4.78, 5) is 32.1. The van der Waals surface area contributed by atoms with Crippen LogP contribution in [0.5, 0.6) is 5.75 Å². The van der Waals surface area contributed by atoms with E-state index in [0.717, 1.165) is 16.7 Å². The molecule has 1 aromatic carbocycles. The van der Waals surface area contributed by atoms with Crippen LogP contribution in [-0.4, -0.2) is 21.8 Å². The number of nitrogens with one attached hydrogen (secondary N) is 2. The van der Waals surface area contributed by atoms with Crippen molar-refractivity contribution in [2.24, 2.45) is 0 Å². The molecule has 160 valence electrons. The number of amides is 2. The van der Waals surface area contributed by atoms with Gasteiger partial charge in [-0.05, 0) is 60.9 Å². The smallest absolute Gasteiger partial charge is 0.270 e. The zero-order valence-electron chi connectivity index (χ0n) is 17.5. The molecular formula is C23H23FN4O3. The number of benzene rings is 1. The first-order chi connectivity index (χ1) is 14.8. The van der Waals surface area contributed by atoms with Crippen molar-refractivity contribution in [3.05, 3.63) is 83.1 Å². The van der Waals surface area contributed by atoms with Crippen LogP contribution in [0.2, 0.25) is 0 Å². The molecule has 8 heteroatoms. The maximum Gasteiger partial charge on any atom is 0.270 e. The summed E-state index contributed by atoms with van der Waals surface area (Å²) in [5, 5.41) is 5.50. The summed E-state index contributed by atoms with van der Waals surface area (Å²) in [7, 11) is 0. The molecule has 3 aromatic rings. The Morgan fingerprint density at radius 3 is 2.55 bits per heavy atom. The zero-order valence-corrected chi connectivity index (χ0v) is 17.5. The van der Waals surface area contributed by atoms with Crippen LogP contribution < -0.4 is 15.4 Å². The molecule has 0 aliphatic heterocycles. The number of hydrogen-bond donors (Lipinski definition) is 2. The summed E-state index contributed by atoms with van der Waals surface area (Å²) in [6.07, 6.45) is 3.07. The van der Waals surface area contributed by atoms with Crippen LogP contribution in [-0.2, 0) is 11.4 Å². The third kappa shape index (κ3) is 6.08. The van der Waals surface area contributed by atoms with Crippen LogP contribution in [0, 0.1) is 12.7 Å². The Morgan fingerprint density at radius 2 is 1.87 bits per heavy atom. The molecule has 2 amide bonds. The van der Waals surface area contributed by atoms with Crippen LogP contribution in [0.15, 0.2) is 54.9 Å². The third-order valence-electron chi connectivity index (χ3n) is 4.54. The zero-order chi connectivity index (χ0) is 22.4. The van der Waals surface area contributed by atoms with Gasteiger partial charge in [0.15, 0.2) is 0 Å². The van der Waals surface area contributed by atoms with E-state index in [4.69, 9.17) is 4.74 Å². The highest BCUT2D eigenvalue weighted by atomic mass is 19.1. The fourth-order valence-corrected chi connectivity index (χ4v) is 2.88. The van der Waals surface area contributed by atoms with E-state index in [1.54, 1.807) is 36.5 Å². The first kappa shape index (κ1) is 21.9. The second-order valence-electron chi connectivity index (χ2n) is 7.10. The number of halogens is 1. The average molecular weight is 422 g/mol. The lowest BCUT2D eigenvalue weighted by Crippen LogP contribution is -2.27. The maximum atomic E-state index is 13.0. The van der Waals surface area contributed by atoms with Gasteiger partial charge in [-0.1, -0.05) is 12.1 Å². The quantitative estimate of drug-likeness (QED) is 0.601. The van der Waals surface area contributed by atoms with E-state index in [1.807, 2.05) is 13.8 Å². The van der Waals surface area contributed by atoms with E-state index in [2.05, 4.69) is 20.6 Å². The molecule has 2 aromatic heterocycles. The molecule has 2 heterocycles. The van der Waals surface area contributed by atoms with Crippen molar-refractivity contribution >= 4 is 17.6 Å². The Morgan fingerprint density at radius 1 is 1.13 bits per heavy atom. The Labute approximate surface area is 179 Å². The highest BCUT2D eigenvalue weighted by molar-refractivity contribution is 5.93. The maximum absolute atomic E-state index is 13.0. The molecule has 7 nitrogen and oxygen atoms in total. The number of anilines is 1. The Kier molecular flexibility index (Phi) is 6.92. The lowest BCUT2D eigenvalue weighted by Gasteiger charge is -2.15. The number of aromatic nitrogens is 2. The molecule has 3 rings (SSSR count). The Hall–Kier alpha value is -3.81. The number of rotatable bonds is 7. The summed E-state index contributed by atoms with van der Waals surface area (Å²) < 4.78 is 18.7. The van der Waals surface area contributed by atoms with Gasteiger partial charge >= 0.3 is 0 Å². The monoisotopic (exact) mass is 422 g/mol. The highest BCUT2D eigenvalue weighted by Crippen LogP contribution is 2.20. The fourth-order valence-electron chi connectivity index (χ4n) is 2.88. The molecule has 2 N–H and O–H groups in total. The average Bonchev–Trinajstić information content (AvgIpc) is 2.73. The fraction of sp³-hybridized carbons (Fsp3) is 0.217. The van der Waals surface area contributed by atoms with Crippen LogP contribution in [0.25, 0.3) is 0 Å². The topological polar surface area (TPSA) is 93.2 Å². The minimum absolute atomic E-state index is 0.220. The molecule has 0 aliphatic carbocycles. The molecule has 0 radical (unpaired) electrons. The molecule has 0 fully saturated rings. The van der Waals surface area contributed by atoms with Crippen molar-refractivity contribution in [1.29, 1.82) is 0 Å². The lowest BCUT2D eigenvalue weighted by molar-refractivity contribution is -0.114. The number of ether oxygens (including phenoxy) is 1. The van der Waals surface area contributed by atoms with E-state index in [-0.39, 0.29) is 36.0 Å². The molecule has 0 bridgehead atoms. The van der Waals surface area contributed by atoms with E-state index in [1.165, 1.54) is 25.3 Å². The number of carbonyl (C=O) groups excluding carboxylic acids is 2. The molecule has 0 aliphatic rings. The minimum atomic E-state index is -0.335. The first-order valence-electron chi connectivity index (χ1n) is 9.70. The molecule has 1 unspecified atom stereocenters. The van der Waals surface area contributed by atoms with Crippen molar-refractivity contribution in [2.45, 2.75) is 33.4 Å². The van der Waals surface area contributed by atoms with Gasteiger partial charge in [0.2, 0.25) is 5.91 Å². The van der Waals surface area contributed by atoms with Gasteiger partial charge in [-0.25, -0.2) is 14.4 Å². The van der Waals surface area contributed by atoms with Crippen molar-refractivity contribution in [3.63, 3.8) is 0 Å². The molecule has 0 spiro atoms. The predicted molar refractivity (Wildman–Crippen MR) is 114 cm³/mol. The number of carbonyl (C=O) groups is 2. The number of nitrogens with zero attached hydrogens (tertiary/aromatic N) is 2. The van der Waals surface area contributed by atoms with Crippen molar-refractivity contribution < 1.29 is 18.7 Å². The summed E-state index contributed by atoms with van der Waals surface area (Å²) in [5.74, 6) is 0.108. The minimum Gasteiger partial charge on any atom is -0.487 e. The lowest BCUT2D eigenvalue weighted by atomic mass is 10.1. The van der Waals surface area contributed by atoms with E-state index >= 15 is 0 Å². The normalized spacial score (nSPS) is 11.5. The number of hydrogen-bond acceptors (Lipinski definition) is 5. The highest BCUT2D eigenvalue weighted by Gasteiger charge is 2.15. The molecule has 1 atom stereocenters. The molecule has 0 saturated heterocycles. The van der Waals surface area contributed by atoms with Crippen LogP contribution in [0.3, 0.4) is 0 Å². The van der Waals surface area contributed by atoms with Gasteiger partial charge in [-0.15, -0.1) is 0 Å². The van der Waals surface area contributed by atoms with Crippen LogP contribution >= 0.6 is 0 Å². The molecule has 31 heavy (non-hydrogen) atoms. The first-order valence-corrected chi connectivity index (χ1v) is 9.70. The number of aryl methyl sites for hydroxylation is 1. The van der Waals surface area contributed by atoms with Crippen molar-refractivity contribution in [1.82, 2.24) is 15.3 Å². The van der Waals surface area contributed by atoms with Crippen molar-refractivity contribution in [2.75, 3.05) is 5.32 Å². The van der Waals surface area contributed by atoms with E-state index in [9.17, 15) is 14.0 Å². The summed E-state index contributed by atoms with van der Waals surface area (Å²) in [6.45, 7) is 5.33. The summed E-state index contributed by atoms with van der Waals surface area (Å²) in [5.41, 5.74) is 2.64. The largest absolute Gasteiger partial charge is 0.487 e. The van der Waals surface area contributed by atoms with E-state index in [0.29, 0.717) is 11.6 Å². The van der Waals surface area contributed by atoms with Crippen molar-refractivity contribution in [3.8, 4) is 5.75 Å². The second kappa shape index (κ2) is 9.80. The van der Waals surface area contributed by atoms with Crippen LogP contribution in [0.1, 0.15) is 47.1 Å². The van der Waals surface area contributed by atoms with Gasteiger partial charge in [-0.2, -0.15) is 0 Å². The Balaban J connectivity index is 1.63. The SMILES string of the molecule is CC(=O)Nc1cc(C(C)NC(=O)c2cc(C)c(OCc3ccc(F)cc3)cn2)ccn1. The van der Waals surface area contributed by atoms with Gasteiger partial charge in [0.05, 0.1) is 12.2 Å². The van der Waals surface area contributed by atoms with Gasteiger partial charge in [0.1, 0.15) is 29.7 Å². The van der Waals surface area contributed by atoms with Gasteiger partial charge in [-0.3, -0.25) is 9.59 Å². The molecule has 0 saturated carbocycles. The Bertz CT molecular complexity index is 1090. The van der Waals surface area contributed by atoms with Gasteiger partial charge in [0.25, 0.3) is 5.91 Å².